The maximum absolute atomic E-state index is 3.78. The van der Waals surface area contributed by atoms with E-state index in [1.165, 1.54) is 12.1 Å². The van der Waals surface area contributed by atoms with Crippen LogP contribution in [0.4, 0.5) is 0 Å². The van der Waals surface area contributed by atoms with Crippen molar-refractivity contribution in [2.75, 3.05) is 12.1 Å². The third-order valence-corrected chi connectivity index (χ3v) is 17.6. The molecular weight excluding hydrogens is 571 g/mol. The van der Waals surface area contributed by atoms with E-state index < -0.39 is 22.0 Å². The molecular formula is C35H57BCuNP2+2. The Bertz CT molecular complexity index is 966. The second kappa shape index (κ2) is 15.0. The van der Waals surface area contributed by atoms with Crippen LogP contribution >= 0.6 is 15.8 Å². The number of hydrogen-bond acceptors (Lipinski definition) is 1. The summed E-state index contributed by atoms with van der Waals surface area (Å²) in [6, 6.07) is 31.7. The van der Waals surface area contributed by atoms with Crippen LogP contribution in [0.3, 0.4) is 0 Å². The molecule has 40 heavy (non-hydrogen) atoms. The summed E-state index contributed by atoms with van der Waals surface area (Å²) in [4.78, 5) is 3.78. The quantitative estimate of drug-likeness (QED) is 0.196. The van der Waals surface area contributed by atoms with Crippen molar-refractivity contribution < 1.29 is 17.1 Å². The molecule has 0 N–H and O–H groups in total. The first-order valence-corrected chi connectivity index (χ1v) is 18.2. The van der Waals surface area contributed by atoms with Crippen LogP contribution in [0.5, 0.6) is 0 Å². The van der Waals surface area contributed by atoms with Crippen molar-refractivity contribution in [1.82, 2.24) is 4.98 Å². The zero-order valence-corrected chi connectivity index (χ0v) is 30.3. The van der Waals surface area contributed by atoms with E-state index in [4.69, 9.17) is 0 Å². The van der Waals surface area contributed by atoms with Gasteiger partial charge in [0.05, 0.1) is 20.6 Å². The van der Waals surface area contributed by atoms with Gasteiger partial charge in [-0.1, -0.05) is 78.9 Å². The van der Waals surface area contributed by atoms with Crippen LogP contribution in [0, 0.1) is 0 Å². The fourth-order valence-electron chi connectivity index (χ4n) is 6.86. The van der Waals surface area contributed by atoms with Crippen molar-refractivity contribution in [3.05, 3.63) is 91.3 Å². The number of aromatic nitrogens is 1. The van der Waals surface area contributed by atoms with Gasteiger partial charge in [0, 0.05) is 12.4 Å². The molecule has 0 amide bonds. The van der Waals surface area contributed by atoms with Gasteiger partial charge in [-0.2, -0.15) is 10.9 Å². The van der Waals surface area contributed by atoms with Crippen LogP contribution in [0.2, 0.25) is 0 Å². The topological polar surface area (TPSA) is 12.9 Å². The van der Waals surface area contributed by atoms with E-state index in [0.717, 1.165) is 0 Å². The molecule has 224 valence electrons. The van der Waals surface area contributed by atoms with Crippen molar-refractivity contribution in [2.24, 2.45) is 0 Å². The van der Waals surface area contributed by atoms with Gasteiger partial charge in [-0.05, 0) is 111 Å². The molecule has 5 heteroatoms. The fourth-order valence-corrected chi connectivity index (χ4v) is 16.7. The average molecular weight is 628 g/mol. The third kappa shape index (κ3) is 10.7. The zero-order chi connectivity index (χ0) is 29.5. The maximum atomic E-state index is 3.78. The summed E-state index contributed by atoms with van der Waals surface area (Å²) in [6.07, 6.45) is 2.62. The predicted octanol–water partition coefficient (Wildman–Crippen LogP) is 9.03. The molecule has 0 unspecified atom stereocenters. The summed E-state index contributed by atoms with van der Waals surface area (Å²) < 4.78 is 0. The average Bonchev–Trinajstić information content (AvgIpc) is 2.84. The largest absolute Gasteiger partial charge is 1.00 e. The molecule has 3 aromatic rings. The Balaban J connectivity index is 0.00000101. The van der Waals surface area contributed by atoms with Crippen LogP contribution in [-0.4, -0.2) is 43.9 Å². The van der Waals surface area contributed by atoms with E-state index in [9.17, 15) is 0 Å². The van der Waals surface area contributed by atoms with E-state index >= 15 is 0 Å². The molecule has 0 aliphatic heterocycles. The molecule has 0 aliphatic carbocycles. The second-order valence-corrected chi connectivity index (χ2v) is 24.2. The SMILES string of the molecule is CC(C)(C)[PH+](C[B-](C[PH+](C(C)(C)C)C(C)(C)C)(c1ccccc1)c1ccccc1)C(C)(C)C.[Cu+].c1ccncc1. The van der Waals surface area contributed by atoms with E-state index in [1.54, 1.807) is 23.3 Å². The first kappa shape index (κ1) is 37.1. The predicted molar refractivity (Wildman–Crippen MR) is 188 cm³/mol. The summed E-state index contributed by atoms with van der Waals surface area (Å²) in [5.74, 6) is 0. The standard InChI is InChI=1S/C30H50BP2.C5H5N.Cu/c1-27(2,3)32(28(4,5)6)23-31(25-19-15-13-16-20-25,26-21-17-14-18-22-26)24-33(29(7,8)9)30(10,11)12;1-2-4-6-5-3-1;/h13-22H,23-24H2,1-12H3;1-5H;/q-1;;+1/p+2. The number of hydrogen-bond donors (Lipinski definition) is 0. The van der Waals surface area contributed by atoms with Gasteiger partial charge in [-0.25, -0.2) is 0 Å². The minimum Gasteiger partial charge on any atom is -0.265 e. The monoisotopic (exact) mass is 627 g/mol. The number of benzene rings is 2. The van der Waals surface area contributed by atoms with Gasteiger partial charge in [0.2, 0.25) is 0 Å². The van der Waals surface area contributed by atoms with Gasteiger partial charge in [0.15, 0.2) is 0 Å². The zero-order valence-electron chi connectivity index (χ0n) is 27.4. The summed E-state index contributed by atoms with van der Waals surface area (Å²) in [6.45, 7) is 30.0. The van der Waals surface area contributed by atoms with Crippen LogP contribution < -0.4 is 10.9 Å². The van der Waals surface area contributed by atoms with Gasteiger partial charge in [-0.3, -0.25) is 4.98 Å². The molecule has 2 aromatic carbocycles. The van der Waals surface area contributed by atoms with Gasteiger partial charge in [-0.15, -0.1) is 0 Å². The van der Waals surface area contributed by atoms with Crippen LogP contribution in [-0.2, 0) is 17.1 Å². The summed E-state index contributed by atoms with van der Waals surface area (Å²) in [5, 5.41) is 1.37. The van der Waals surface area contributed by atoms with E-state index in [1.807, 2.05) is 18.2 Å². The molecule has 0 atom stereocenters. The Hall–Kier alpha value is -0.966. The second-order valence-electron chi connectivity index (χ2n) is 15.5. The first-order chi connectivity index (χ1) is 17.9. The van der Waals surface area contributed by atoms with Gasteiger partial charge in [0.1, 0.15) is 6.15 Å². The van der Waals surface area contributed by atoms with Crippen LogP contribution in [0.15, 0.2) is 91.3 Å². The Morgan fingerprint density at radius 2 is 0.750 bits per heavy atom. The Morgan fingerprint density at radius 1 is 0.475 bits per heavy atom. The van der Waals surface area contributed by atoms with Gasteiger partial charge >= 0.3 is 17.1 Å². The van der Waals surface area contributed by atoms with Crippen molar-refractivity contribution in [2.45, 2.75) is 104 Å². The van der Waals surface area contributed by atoms with Crippen molar-refractivity contribution in [1.29, 1.82) is 0 Å². The molecule has 1 nitrogen and oxygen atoms in total. The molecule has 1 aromatic heterocycles. The van der Waals surface area contributed by atoms with Crippen LogP contribution in [0.25, 0.3) is 0 Å². The van der Waals surface area contributed by atoms with Crippen molar-refractivity contribution in [3.8, 4) is 0 Å². The first-order valence-electron chi connectivity index (χ1n) is 14.8. The van der Waals surface area contributed by atoms with Gasteiger partial charge < -0.3 is 0 Å². The molecule has 0 aliphatic rings. The molecule has 0 saturated heterocycles. The van der Waals surface area contributed by atoms with Crippen LogP contribution in [0.1, 0.15) is 83.1 Å². The minimum absolute atomic E-state index is 0. The molecule has 1 heterocycles. The third-order valence-electron chi connectivity index (χ3n) is 8.17. The molecule has 0 radical (unpaired) electrons. The molecule has 0 bridgehead atoms. The number of rotatable bonds is 6. The molecule has 0 saturated carbocycles. The Labute approximate surface area is 261 Å². The summed E-state index contributed by atoms with van der Waals surface area (Å²) in [5.41, 5.74) is 3.16. The molecule has 0 fully saturated rings. The Kier molecular flexibility index (Phi) is 13.9. The Morgan fingerprint density at radius 3 is 0.950 bits per heavy atom. The summed E-state index contributed by atoms with van der Waals surface area (Å²) >= 11 is 0. The fraction of sp³-hybridized carbons (Fsp3) is 0.514. The maximum Gasteiger partial charge on any atom is 1.00 e. The van der Waals surface area contributed by atoms with E-state index in [-0.39, 0.29) is 17.1 Å². The minimum atomic E-state index is -0.884. The van der Waals surface area contributed by atoms with E-state index in [2.05, 4.69) is 149 Å². The summed E-state index contributed by atoms with van der Waals surface area (Å²) in [7, 11) is -1.43. The number of nitrogens with zero attached hydrogens (tertiary/aromatic N) is 1. The smallest absolute Gasteiger partial charge is 0.265 e. The van der Waals surface area contributed by atoms with E-state index in [0.29, 0.717) is 20.6 Å². The molecule has 0 spiro atoms. The normalized spacial score (nSPS) is 12.9. The molecule has 3 rings (SSSR count). The number of pyridine rings is 1. The van der Waals surface area contributed by atoms with Crippen molar-refractivity contribution in [3.63, 3.8) is 0 Å². The van der Waals surface area contributed by atoms with Gasteiger partial charge in [0.25, 0.3) is 0 Å². The van der Waals surface area contributed by atoms with Crippen molar-refractivity contribution >= 4 is 32.9 Å².